The number of rotatable bonds is 5. The second-order valence-electron chi connectivity index (χ2n) is 6.54. The van der Waals surface area contributed by atoms with E-state index in [2.05, 4.69) is 4.98 Å². The van der Waals surface area contributed by atoms with E-state index in [1.54, 1.807) is 42.0 Å². The first-order valence-electron chi connectivity index (χ1n) is 8.90. The number of aromatic nitrogens is 1. The second kappa shape index (κ2) is 7.92. The van der Waals surface area contributed by atoms with Gasteiger partial charge < -0.3 is 4.90 Å². The van der Waals surface area contributed by atoms with Crippen molar-refractivity contribution in [2.45, 2.75) is 19.0 Å². The number of pyridine rings is 1. The van der Waals surface area contributed by atoms with E-state index in [0.29, 0.717) is 4.88 Å². The maximum Gasteiger partial charge on any atom is 0.264 e. The predicted octanol–water partition coefficient (Wildman–Crippen LogP) is 3.26. The van der Waals surface area contributed by atoms with Crippen LogP contribution in [0.25, 0.3) is 0 Å². The van der Waals surface area contributed by atoms with E-state index in [0.717, 1.165) is 10.5 Å². The predicted molar refractivity (Wildman–Crippen MR) is 106 cm³/mol. The number of carbonyl (C=O) groups is 3. The largest absolute Gasteiger partial charge is 0.321 e. The zero-order valence-electron chi connectivity index (χ0n) is 15.2. The Morgan fingerprint density at radius 2 is 1.97 bits per heavy atom. The lowest BCUT2D eigenvalue weighted by Crippen LogP contribution is -2.45. The van der Waals surface area contributed by atoms with Crippen molar-refractivity contribution in [1.82, 2.24) is 9.88 Å². The van der Waals surface area contributed by atoms with E-state index >= 15 is 0 Å². The molecule has 3 aromatic rings. The lowest BCUT2D eigenvalue weighted by Gasteiger charge is -2.27. The fourth-order valence-electron chi connectivity index (χ4n) is 3.27. The number of halogens is 1. The molecule has 1 aromatic carbocycles. The van der Waals surface area contributed by atoms with Crippen molar-refractivity contribution in [3.8, 4) is 0 Å². The van der Waals surface area contributed by atoms with Crippen molar-refractivity contribution >= 4 is 34.7 Å². The van der Waals surface area contributed by atoms with Gasteiger partial charge in [0.25, 0.3) is 11.8 Å². The number of nitrogens with zero attached hydrogens (tertiary/aromatic N) is 3. The summed E-state index contributed by atoms with van der Waals surface area (Å²) in [7, 11) is 0. The van der Waals surface area contributed by atoms with Crippen molar-refractivity contribution in [2.24, 2.45) is 0 Å². The number of hydrogen-bond acceptors (Lipinski definition) is 5. The lowest BCUT2D eigenvalue weighted by atomic mass is 10.1. The van der Waals surface area contributed by atoms with Gasteiger partial charge in [0.05, 0.1) is 17.0 Å². The first-order chi connectivity index (χ1) is 14.0. The van der Waals surface area contributed by atoms with Crippen molar-refractivity contribution in [3.63, 3.8) is 0 Å². The van der Waals surface area contributed by atoms with E-state index in [4.69, 9.17) is 0 Å². The van der Waals surface area contributed by atoms with Crippen molar-refractivity contribution in [2.75, 3.05) is 4.90 Å². The van der Waals surface area contributed by atoms with Gasteiger partial charge in [-0.3, -0.25) is 19.4 Å². The van der Waals surface area contributed by atoms with E-state index in [1.165, 1.54) is 40.5 Å². The van der Waals surface area contributed by atoms with Gasteiger partial charge in [-0.2, -0.15) is 0 Å². The molecule has 6 nitrogen and oxygen atoms in total. The molecule has 0 saturated carbocycles. The molecule has 1 aliphatic rings. The Labute approximate surface area is 170 Å². The van der Waals surface area contributed by atoms with Crippen LogP contribution >= 0.6 is 11.3 Å². The third kappa shape index (κ3) is 3.79. The van der Waals surface area contributed by atoms with Gasteiger partial charge in [0.1, 0.15) is 11.9 Å². The smallest absolute Gasteiger partial charge is 0.264 e. The van der Waals surface area contributed by atoms with Gasteiger partial charge in [0.15, 0.2) is 0 Å². The molecule has 1 unspecified atom stereocenters. The fourth-order valence-corrected chi connectivity index (χ4v) is 3.95. The highest BCUT2D eigenvalue weighted by Crippen LogP contribution is 2.28. The molecule has 0 spiro atoms. The highest BCUT2D eigenvalue weighted by atomic mass is 32.1. The van der Waals surface area contributed by atoms with Crippen molar-refractivity contribution < 1.29 is 18.8 Å². The molecule has 8 heteroatoms. The quantitative estimate of drug-likeness (QED) is 0.607. The first kappa shape index (κ1) is 18.9. The summed E-state index contributed by atoms with van der Waals surface area (Å²) < 4.78 is 13.2. The van der Waals surface area contributed by atoms with Gasteiger partial charge in [-0.25, -0.2) is 9.29 Å². The Kier molecular flexibility index (Phi) is 5.18. The molecule has 4 rings (SSSR count). The number of hydrogen-bond donors (Lipinski definition) is 0. The van der Waals surface area contributed by atoms with Crippen LogP contribution in [-0.4, -0.2) is 33.6 Å². The molecule has 29 heavy (non-hydrogen) atoms. The Balaban J connectivity index is 1.66. The van der Waals surface area contributed by atoms with E-state index < -0.39 is 23.7 Å². The molecule has 0 N–H and O–H groups in total. The van der Waals surface area contributed by atoms with Gasteiger partial charge >= 0.3 is 0 Å². The summed E-state index contributed by atoms with van der Waals surface area (Å²) >= 11 is 1.27. The third-order valence-corrected chi connectivity index (χ3v) is 5.51. The summed E-state index contributed by atoms with van der Waals surface area (Å²) in [6.07, 6.45) is 3.11. The number of carbonyl (C=O) groups excluding carboxylic acids is 3. The molecular formula is C21H16FN3O3S. The molecular weight excluding hydrogens is 393 g/mol. The third-order valence-electron chi connectivity index (χ3n) is 4.65. The Morgan fingerprint density at radius 1 is 1.17 bits per heavy atom. The van der Waals surface area contributed by atoms with Crippen LogP contribution in [-0.2, 0) is 16.1 Å². The van der Waals surface area contributed by atoms with Crippen molar-refractivity contribution in [1.29, 1.82) is 0 Å². The molecule has 0 radical (unpaired) electrons. The Hall–Kier alpha value is -3.39. The standard InChI is InChI=1S/C21H16FN3O3S/c22-15-5-7-16(8-6-15)25-19(26)11-17(20(25)27)24(13-14-3-1-9-23-12-14)21(28)18-4-2-10-29-18/h1-10,12,17H,11,13H2. The van der Waals surface area contributed by atoms with Crippen molar-refractivity contribution in [3.05, 3.63) is 82.6 Å². The summed E-state index contributed by atoms with van der Waals surface area (Å²) in [4.78, 5) is 45.8. The van der Waals surface area contributed by atoms with Crippen LogP contribution in [0.5, 0.6) is 0 Å². The molecule has 1 atom stereocenters. The molecule has 0 bridgehead atoms. The molecule has 1 aliphatic heterocycles. The summed E-state index contributed by atoms with van der Waals surface area (Å²) in [6.45, 7) is 0.144. The topological polar surface area (TPSA) is 70.6 Å². The number of thiophene rings is 1. The molecule has 1 saturated heterocycles. The van der Waals surface area contributed by atoms with E-state index in [1.807, 2.05) is 0 Å². The minimum Gasteiger partial charge on any atom is -0.321 e. The summed E-state index contributed by atoms with van der Waals surface area (Å²) in [5.74, 6) is -1.72. The maximum absolute atomic E-state index is 13.2. The van der Waals surface area contributed by atoms with Crippen LogP contribution in [0.4, 0.5) is 10.1 Å². The lowest BCUT2D eigenvalue weighted by molar-refractivity contribution is -0.122. The minimum atomic E-state index is -0.942. The maximum atomic E-state index is 13.2. The summed E-state index contributed by atoms with van der Waals surface area (Å²) in [6, 6.07) is 11.2. The molecule has 3 heterocycles. The van der Waals surface area contributed by atoms with E-state index in [-0.39, 0.29) is 24.6 Å². The molecule has 3 amide bonds. The molecule has 1 fully saturated rings. The van der Waals surface area contributed by atoms with Gasteiger partial charge in [0.2, 0.25) is 5.91 Å². The van der Waals surface area contributed by atoms with Crippen LogP contribution in [0, 0.1) is 5.82 Å². The number of imide groups is 1. The number of benzene rings is 1. The van der Waals surface area contributed by atoms with Crippen LogP contribution in [0.1, 0.15) is 21.7 Å². The van der Waals surface area contributed by atoms with Gasteiger partial charge in [-0.05, 0) is 47.3 Å². The summed E-state index contributed by atoms with van der Waals surface area (Å²) in [5, 5.41) is 1.78. The summed E-state index contributed by atoms with van der Waals surface area (Å²) in [5.41, 5.74) is 1.03. The van der Waals surface area contributed by atoms with Crippen LogP contribution < -0.4 is 4.90 Å². The number of anilines is 1. The Bertz CT molecular complexity index is 1040. The molecule has 2 aromatic heterocycles. The SMILES string of the molecule is O=C1CC(N(Cc2cccnc2)C(=O)c2cccs2)C(=O)N1c1ccc(F)cc1. The van der Waals surface area contributed by atoms with Gasteiger partial charge in [-0.15, -0.1) is 11.3 Å². The minimum absolute atomic E-state index is 0.131. The average Bonchev–Trinajstić information content (AvgIpc) is 3.36. The van der Waals surface area contributed by atoms with E-state index in [9.17, 15) is 18.8 Å². The fraction of sp³-hybridized carbons (Fsp3) is 0.143. The zero-order chi connectivity index (χ0) is 20.4. The first-order valence-corrected chi connectivity index (χ1v) is 9.78. The van der Waals surface area contributed by atoms with Gasteiger partial charge in [0, 0.05) is 18.9 Å². The normalized spacial score (nSPS) is 16.3. The number of amides is 3. The van der Waals surface area contributed by atoms with Gasteiger partial charge in [-0.1, -0.05) is 12.1 Å². The average molecular weight is 409 g/mol. The Morgan fingerprint density at radius 3 is 2.62 bits per heavy atom. The van der Waals surface area contributed by atoms with Crippen LogP contribution in [0.2, 0.25) is 0 Å². The zero-order valence-corrected chi connectivity index (χ0v) is 16.0. The molecule has 0 aliphatic carbocycles. The van der Waals surface area contributed by atoms with Crippen LogP contribution in [0.3, 0.4) is 0 Å². The second-order valence-corrected chi connectivity index (χ2v) is 7.48. The highest BCUT2D eigenvalue weighted by Gasteiger charge is 2.44. The highest BCUT2D eigenvalue weighted by molar-refractivity contribution is 7.12. The monoisotopic (exact) mass is 409 g/mol. The molecule has 146 valence electrons. The van der Waals surface area contributed by atoms with Crippen LogP contribution in [0.15, 0.2) is 66.3 Å².